The molecule has 1 aliphatic rings. The molecule has 3 aromatic rings. The number of fused-ring (bicyclic) bond motifs is 1. The highest BCUT2D eigenvalue weighted by Gasteiger charge is 2.26. The van der Waals surface area contributed by atoms with E-state index in [9.17, 15) is 9.59 Å². The number of para-hydroxylation sites is 1. The number of anilines is 1. The van der Waals surface area contributed by atoms with Gasteiger partial charge in [0.1, 0.15) is 0 Å². The summed E-state index contributed by atoms with van der Waals surface area (Å²) >= 11 is 0. The van der Waals surface area contributed by atoms with E-state index < -0.39 is 6.09 Å². The molecular formula is C22H25N5O3. The number of amides is 2. The summed E-state index contributed by atoms with van der Waals surface area (Å²) < 4.78 is 0. The molecule has 1 saturated heterocycles. The number of likely N-dealkylation sites (tertiary alicyclic amines) is 1. The van der Waals surface area contributed by atoms with E-state index in [0.29, 0.717) is 37.8 Å². The molecular weight excluding hydrogens is 382 g/mol. The molecule has 2 aromatic carbocycles. The Hall–Kier alpha value is -3.55. The van der Waals surface area contributed by atoms with Crippen LogP contribution in [0.2, 0.25) is 0 Å². The lowest BCUT2D eigenvalue weighted by atomic mass is 10.0. The number of nitrogens with zero attached hydrogens (tertiary/aromatic N) is 2. The molecule has 4 rings (SSSR count). The SMILES string of the molecule is O=C(O)NCCc1ccc(NC2CCN(C(=O)c3n[nH]c4ccccc34)CC2)cc1. The fraction of sp³-hybridized carbons (Fsp3) is 0.318. The molecule has 0 atom stereocenters. The number of rotatable bonds is 6. The lowest BCUT2D eigenvalue weighted by Crippen LogP contribution is -2.42. The lowest BCUT2D eigenvalue weighted by Gasteiger charge is -2.32. The molecule has 1 aliphatic heterocycles. The van der Waals surface area contributed by atoms with Gasteiger partial charge in [0.05, 0.1) is 5.52 Å². The number of H-pyrrole nitrogens is 1. The maximum atomic E-state index is 12.9. The van der Waals surface area contributed by atoms with Crippen LogP contribution in [-0.4, -0.2) is 57.9 Å². The lowest BCUT2D eigenvalue weighted by molar-refractivity contribution is 0.0714. The predicted octanol–water partition coefficient (Wildman–Crippen LogP) is 3.09. The topological polar surface area (TPSA) is 110 Å². The maximum Gasteiger partial charge on any atom is 0.404 e. The second-order valence-corrected chi connectivity index (χ2v) is 7.51. The average molecular weight is 407 g/mol. The summed E-state index contributed by atoms with van der Waals surface area (Å²) in [7, 11) is 0. The van der Waals surface area contributed by atoms with E-state index in [-0.39, 0.29) is 5.91 Å². The Morgan fingerprint density at radius 1 is 1.10 bits per heavy atom. The van der Waals surface area contributed by atoms with Gasteiger partial charge in [-0.3, -0.25) is 9.89 Å². The van der Waals surface area contributed by atoms with Crippen LogP contribution in [0.3, 0.4) is 0 Å². The Morgan fingerprint density at radius 3 is 2.57 bits per heavy atom. The van der Waals surface area contributed by atoms with Gasteiger partial charge >= 0.3 is 6.09 Å². The Morgan fingerprint density at radius 2 is 1.83 bits per heavy atom. The van der Waals surface area contributed by atoms with E-state index in [4.69, 9.17) is 5.11 Å². The highest BCUT2D eigenvalue weighted by Crippen LogP contribution is 2.21. The average Bonchev–Trinajstić information content (AvgIpc) is 3.19. The highest BCUT2D eigenvalue weighted by atomic mass is 16.4. The van der Waals surface area contributed by atoms with Crippen molar-refractivity contribution in [3.8, 4) is 0 Å². The van der Waals surface area contributed by atoms with Crippen LogP contribution >= 0.6 is 0 Å². The normalized spacial score (nSPS) is 14.6. The summed E-state index contributed by atoms with van der Waals surface area (Å²) in [5.41, 5.74) is 3.48. The smallest absolute Gasteiger partial charge is 0.404 e. The molecule has 4 N–H and O–H groups in total. The summed E-state index contributed by atoms with van der Waals surface area (Å²) in [5.74, 6) is -0.0229. The van der Waals surface area contributed by atoms with Crippen LogP contribution in [0.1, 0.15) is 28.9 Å². The van der Waals surface area contributed by atoms with Crippen molar-refractivity contribution in [2.75, 3.05) is 25.0 Å². The number of aromatic amines is 1. The number of aromatic nitrogens is 2. The summed E-state index contributed by atoms with van der Waals surface area (Å²) in [6.07, 6.45) is 1.41. The van der Waals surface area contributed by atoms with Gasteiger partial charge in [-0.2, -0.15) is 5.10 Å². The molecule has 0 bridgehead atoms. The Bertz CT molecular complexity index is 1020. The molecule has 0 unspecified atom stereocenters. The maximum absolute atomic E-state index is 12.9. The van der Waals surface area contributed by atoms with E-state index in [1.165, 1.54) is 0 Å². The standard InChI is InChI=1S/C22H25N5O3/c28-21(20-18-3-1-2-4-19(18)25-26-20)27-13-10-17(11-14-27)24-16-7-5-15(6-8-16)9-12-23-22(29)30/h1-8,17,23-24H,9-14H2,(H,25,26)(H,29,30). The molecule has 8 nitrogen and oxygen atoms in total. The molecule has 0 saturated carbocycles. The number of carboxylic acid groups (broad SMARTS) is 1. The van der Waals surface area contributed by atoms with Gasteiger partial charge in [0.15, 0.2) is 5.69 Å². The van der Waals surface area contributed by atoms with Gasteiger partial charge < -0.3 is 20.6 Å². The molecule has 8 heteroatoms. The number of hydrogen-bond acceptors (Lipinski definition) is 4. The molecule has 0 aliphatic carbocycles. The number of carbonyl (C=O) groups is 2. The number of nitrogens with one attached hydrogen (secondary N) is 3. The van der Waals surface area contributed by atoms with Crippen molar-refractivity contribution in [3.63, 3.8) is 0 Å². The van der Waals surface area contributed by atoms with Crippen molar-refractivity contribution < 1.29 is 14.7 Å². The van der Waals surface area contributed by atoms with Crippen molar-refractivity contribution >= 4 is 28.6 Å². The van der Waals surface area contributed by atoms with Gasteiger partial charge in [-0.1, -0.05) is 30.3 Å². The fourth-order valence-corrected chi connectivity index (χ4v) is 3.82. The van der Waals surface area contributed by atoms with Crippen LogP contribution in [0.15, 0.2) is 48.5 Å². The largest absolute Gasteiger partial charge is 0.465 e. The second-order valence-electron chi connectivity index (χ2n) is 7.51. The second kappa shape index (κ2) is 8.86. The van der Waals surface area contributed by atoms with Gasteiger partial charge in [0.25, 0.3) is 5.91 Å². The minimum Gasteiger partial charge on any atom is -0.465 e. The monoisotopic (exact) mass is 407 g/mol. The summed E-state index contributed by atoms with van der Waals surface area (Å²) in [6, 6.07) is 16.0. The predicted molar refractivity (Wildman–Crippen MR) is 115 cm³/mol. The van der Waals surface area contributed by atoms with E-state index in [2.05, 4.69) is 20.8 Å². The van der Waals surface area contributed by atoms with Crippen molar-refractivity contribution in [2.24, 2.45) is 0 Å². The van der Waals surface area contributed by atoms with Gasteiger partial charge in [0.2, 0.25) is 0 Å². The zero-order chi connectivity index (χ0) is 20.9. The third-order valence-electron chi connectivity index (χ3n) is 5.47. The van der Waals surface area contributed by atoms with Crippen molar-refractivity contribution in [2.45, 2.75) is 25.3 Å². The van der Waals surface area contributed by atoms with Crippen LogP contribution in [0.5, 0.6) is 0 Å². The number of hydrogen-bond donors (Lipinski definition) is 4. The molecule has 1 fully saturated rings. The first-order valence-electron chi connectivity index (χ1n) is 10.1. The van der Waals surface area contributed by atoms with Crippen LogP contribution in [0.4, 0.5) is 10.5 Å². The van der Waals surface area contributed by atoms with E-state index in [1.807, 2.05) is 53.4 Å². The molecule has 0 spiro atoms. The van der Waals surface area contributed by atoms with E-state index in [0.717, 1.165) is 35.0 Å². The Kier molecular flexibility index (Phi) is 5.83. The van der Waals surface area contributed by atoms with Crippen LogP contribution in [0.25, 0.3) is 10.9 Å². The molecule has 156 valence electrons. The molecule has 0 radical (unpaired) electrons. The van der Waals surface area contributed by atoms with Gasteiger partial charge in [-0.15, -0.1) is 0 Å². The molecule has 2 heterocycles. The first-order chi connectivity index (χ1) is 14.6. The summed E-state index contributed by atoms with van der Waals surface area (Å²) in [5, 5.41) is 22.5. The Balaban J connectivity index is 1.28. The van der Waals surface area contributed by atoms with E-state index >= 15 is 0 Å². The first-order valence-corrected chi connectivity index (χ1v) is 10.1. The summed E-state index contributed by atoms with van der Waals surface area (Å²) in [4.78, 5) is 25.3. The van der Waals surface area contributed by atoms with Crippen LogP contribution < -0.4 is 10.6 Å². The first kappa shape index (κ1) is 19.8. The minimum absolute atomic E-state index is 0.0229. The number of benzene rings is 2. The van der Waals surface area contributed by atoms with Gasteiger partial charge in [-0.05, 0) is 43.0 Å². The van der Waals surface area contributed by atoms with Crippen molar-refractivity contribution in [1.82, 2.24) is 20.4 Å². The highest BCUT2D eigenvalue weighted by molar-refractivity contribution is 6.04. The Labute approximate surface area is 174 Å². The zero-order valence-electron chi connectivity index (χ0n) is 16.6. The van der Waals surface area contributed by atoms with Crippen molar-refractivity contribution in [1.29, 1.82) is 0 Å². The van der Waals surface area contributed by atoms with Gasteiger partial charge in [0, 0.05) is 36.7 Å². The number of piperidine rings is 1. The van der Waals surface area contributed by atoms with Gasteiger partial charge in [-0.25, -0.2) is 4.79 Å². The molecule has 1 aromatic heterocycles. The summed E-state index contributed by atoms with van der Waals surface area (Å²) in [6.45, 7) is 1.78. The fourth-order valence-electron chi connectivity index (χ4n) is 3.82. The third-order valence-corrected chi connectivity index (χ3v) is 5.47. The molecule has 2 amide bonds. The van der Waals surface area contributed by atoms with Crippen LogP contribution in [-0.2, 0) is 6.42 Å². The quantitative estimate of drug-likeness (QED) is 0.502. The van der Waals surface area contributed by atoms with Crippen molar-refractivity contribution in [3.05, 3.63) is 59.8 Å². The minimum atomic E-state index is -1.00. The third kappa shape index (κ3) is 4.53. The molecule has 30 heavy (non-hydrogen) atoms. The number of carbonyl (C=O) groups excluding carboxylic acids is 1. The van der Waals surface area contributed by atoms with Crippen LogP contribution in [0, 0.1) is 0 Å². The van der Waals surface area contributed by atoms with E-state index in [1.54, 1.807) is 0 Å². The zero-order valence-corrected chi connectivity index (χ0v) is 16.6.